The van der Waals surface area contributed by atoms with Crippen LogP contribution in [0.5, 0.6) is 0 Å². The molecule has 1 heterocycles. The Labute approximate surface area is 128 Å². The molecular weight excluding hydrogens is 312 g/mol. The number of nitrogens with zero attached hydrogens (tertiary/aromatic N) is 2. The number of nitrogens with two attached hydrogens (primary N) is 1. The summed E-state index contributed by atoms with van der Waals surface area (Å²) in [6, 6.07) is 5.95. The van der Waals surface area contributed by atoms with Crippen molar-refractivity contribution in [2.24, 2.45) is 0 Å². The Hall–Kier alpha value is -2.13. The Bertz CT molecular complexity index is 657. The monoisotopic (exact) mass is 324 g/mol. The van der Waals surface area contributed by atoms with E-state index >= 15 is 0 Å². The molecule has 0 radical (unpaired) electrons. The van der Waals surface area contributed by atoms with E-state index in [2.05, 4.69) is 15.5 Å². The molecular formula is C12H12N4O3S2. The van der Waals surface area contributed by atoms with Crippen molar-refractivity contribution >= 4 is 45.8 Å². The average molecular weight is 324 g/mol. The van der Waals surface area contributed by atoms with Gasteiger partial charge in [0.25, 0.3) is 0 Å². The molecule has 0 bridgehead atoms. The van der Waals surface area contributed by atoms with Crippen molar-refractivity contribution in [2.75, 3.05) is 11.1 Å². The molecule has 0 fully saturated rings. The fourth-order valence-corrected chi connectivity index (χ4v) is 3.19. The van der Waals surface area contributed by atoms with E-state index < -0.39 is 5.97 Å². The van der Waals surface area contributed by atoms with E-state index in [4.69, 9.17) is 10.8 Å². The minimum atomic E-state index is -1.01. The molecule has 0 aliphatic heterocycles. The Morgan fingerprint density at radius 2 is 2.00 bits per heavy atom. The third kappa shape index (κ3) is 4.17. The number of aromatic carboxylic acids is 1. The first-order valence-electron chi connectivity index (χ1n) is 5.85. The van der Waals surface area contributed by atoms with E-state index in [0.717, 1.165) is 0 Å². The van der Waals surface area contributed by atoms with Crippen LogP contribution >= 0.6 is 23.1 Å². The van der Waals surface area contributed by atoms with E-state index in [1.54, 1.807) is 19.1 Å². The molecule has 2 rings (SSSR count). The van der Waals surface area contributed by atoms with Crippen molar-refractivity contribution in [1.82, 2.24) is 10.2 Å². The van der Waals surface area contributed by atoms with E-state index in [0.29, 0.717) is 15.2 Å². The summed E-state index contributed by atoms with van der Waals surface area (Å²) in [4.78, 5) is 22.8. The summed E-state index contributed by atoms with van der Waals surface area (Å²) in [5.74, 6) is -1.22. The number of carboxylic acids is 1. The highest BCUT2D eigenvalue weighted by Gasteiger charge is 2.17. The number of hydrogen-bond donors (Lipinski definition) is 3. The van der Waals surface area contributed by atoms with Crippen LogP contribution in [0.1, 0.15) is 17.3 Å². The van der Waals surface area contributed by atoms with Crippen LogP contribution in [0, 0.1) is 0 Å². The van der Waals surface area contributed by atoms with E-state index in [-0.39, 0.29) is 16.7 Å². The highest BCUT2D eigenvalue weighted by atomic mass is 32.2. The van der Waals surface area contributed by atoms with Gasteiger partial charge in [-0.1, -0.05) is 23.1 Å². The molecule has 7 nitrogen and oxygen atoms in total. The Morgan fingerprint density at radius 1 is 1.33 bits per heavy atom. The largest absolute Gasteiger partial charge is 0.478 e. The predicted molar refractivity (Wildman–Crippen MR) is 81.7 cm³/mol. The molecule has 110 valence electrons. The molecule has 21 heavy (non-hydrogen) atoms. The zero-order valence-corrected chi connectivity index (χ0v) is 12.6. The lowest BCUT2D eigenvalue weighted by Gasteiger charge is -2.10. The maximum Gasteiger partial charge on any atom is 0.335 e. The van der Waals surface area contributed by atoms with Gasteiger partial charge in [0, 0.05) is 5.69 Å². The fraction of sp³-hybridized carbons (Fsp3) is 0.167. The van der Waals surface area contributed by atoms with E-state index in [1.807, 2.05) is 0 Å². The number of carbonyl (C=O) groups is 2. The highest BCUT2D eigenvalue weighted by molar-refractivity contribution is 8.02. The average Bonchev–Trinajstić information content (AvgIpc) is 2.84. The van der Waals surface area contributed by atoms with Crippen LogP contribution in [0.2, 0.25) is 0 Å². The zero-order valence-electron chi connectivity index (χ0n) is 10.9. The molecule has 1 atom stereocenters. The number of rotatable bonds is 5. The SMILES string of the molecule is CC(Sc1nnc(N)s1)C(=O)Nc1ccc(C(=O)O)cc1. The van der Waals surface area contributed by atoms with Gasteiger partial charge in [-0.3, -0.25) is 4.79 Å². The molecule has 0 saturated carbocycles. The van der Waals surface area contributed by atoms with Crippen LogP contribution in [0.15, 0.2) is 28.6 Å². The summed E-state index contributed by atoms with van der Waals surface area (Å²) in [6.45, 7) is 1.74. The van der Waals surface area contributed by atoms with E-state index in [9.17, 15) is 9.59 Å². The number of hydrogen-bond acceptors (Lipinski definition) is 7. The summed E-state index contributed by atoms with van der Waals surface area (Å²) in [6.07, 6.45) is 0. The van der Waals surface area contributed by atoms with Crippen molar-refractivity contribution < 1.29 is 14.7 Å². The second-order valence-electron chi connectivity index (χ2n) is 4.04. The van der Waals surface area contributed by atoms with Gasteiger partial charge in [-0.15, -0.1) is 10.2 Å². The Balaban J connectivity index is 1.95. The van der Waals surface area contributed by atoms with Crippen LogP contribution in [-0.4, -0.2) is 32.4 Å². The van der Waals surface area contributed by atoms with Gasteiger partial charge in [-0.25, -0.2) is 4.79 Å². The number of nitrogens with one attached hydrogen (secondary N) is 1. The predicted octanol–water partition coefficient (Wildman–Crippen LogP) is 1.94. The molecule has 1 aromatic heterocycles. The molecule has 9 heteroatoms. The first-order chi connectivity index (χ1) is 9.95. The molecule has 1 aromatic carbocycles. The molecule has 0 aliphatic carbocycles. The normalized spacial score (nSPS) is 11.9. The third-order valence-corrected chi connectivity index (χ3v) is 4.40. The fourth-order valence-electron chi connectivity index (χ4n) is 1.41. The van der Waals surface area contributed by atoms with Crippen molar-refractivity contribution in [1.29, 1.82) is 0 Å². The smallest absolute Gasteiger partial charge is 0.335 e. The van der Waals surface area contributed by atoms with Gasteiger partial charge < -0.3 is 16.2 Å². The molecule has 4 N–H and O–H groups in total. The Kier molecular flexibility index (Phi) is 4.76. The van der Waals surface area contributed by atoms with Gasteiger partial charge in [0.05, 0.1) is 10.8 Å². The number of thioether (sulfide) groups is 1. The number of carboxylic acid groups (broad SMARTS) is 1. The third-order valence-electron chi connectivity index (χ3n) is 2.47. The maximum atomic E-state index is 12.0. The number of nitrogen functional groups attached to an aromatic ring is 1. The lowest BCUT2D eigenvalue weighted by molar-refractivity contribution is -0.115. The van der Waals surface area contributed by atoms with Crippen LogP contribution in [0.25, 0.3) is 0 Å². The molecule has 0 saturated heterocycles. The van der Waals surface area contributed by atoms with Gasteiger partial charge >= 0.3 is 5.97 Å². The minimum absolute atomic E-state index is 0.166. The van der Waals surface area contributed by atoms with Crippen molar-refractivity contribution in [2.45, 2.75) is 16.5 Å². The lowest BCUT2D eigenvalue weighted by Crippen LogP contribution is -2.22. The number of amides is 1. The van der Waals surface area contributed by atoms with Crippen LogP contribution in [0.4, 0.5) is 10.8 Å². The first kappa shape index (κ1) is 15.3. The summed E-state index contributed by atoms with van der Waals surface area (Å²) >= 11 is 2.48. The quantitative estimate of drug-likeness (QED) is 0.719. The maximum absolute atomic E-state index is 12.0. The number of carbonyl (C=O) groups excluding carboxylic acids is 1. The molecule has 1 unspecified atom stereocenters. The summed E-state index contributed by atoms with van der Waals surface area (Å²) in [7, 11) is 0. The van der Waals surface area contributed by atoms with E-state index in [1.165, 1.54) is 35.2 Å². The van der Waals surface area contributed by atoms with Gasteiger partial charge in [0.2, 0.25) is 11.0 Å². The lowest BCUT2D eigenvalue weighted by atomic mass is 10.2. The topological polar surface area (TPSA) is 118 Å². The standard InChI is InChI=1S/C12H12N4O3S2/c1-6(20-12-16-15-11(13)21-12)9(17)14-8-4-2-7(3-5-8)10(18)19/h2-6H,1H3,(H2,13,15)(H,14,17)(H,18,19). The van der Waals surface area contributed by atoms with Gasteiger partial charge in [-0.05, 0) is 31.2 Å². The second kappa shape index (κ2) is 6.55. The second-order valence-corrected chi connectivity index (χ2v) is 6.64. The molecule has 0 spiro atoms. The minimum Gasteiger partial charge on any atom is -0.478 e. The first-order valence-corrected chi connectivity index (χ1v) is 7.55. The van der Waals surface area contributed by atoms with Crippen LogP contribution < -0.4 is 11.1 Å². The number of aromatic nitrogens is 2. The number of anilines is 2. The van der Waals surface area contributed by atoms with Crippen molar-refractivity contribution in [3.8, 4) is 0 Å². The molecule has 2 aromatic rings. The number of benzene rings is 1. The Morgan fingerprint density at radius 3 is 2.52 bits per heavy atom. The molecule has 1 amide bonds. The van der Waals surface area contributed by atoms with Crippen LogP contribution in [0.3, 0.4) is 0 Å². The summed E-state index contributed by atoms with van der Waals surface area (Å²) < 4.78 is 0.622. The van der Waals surface area contributed by atoms with Gasteiger partial charge in [0.15, 0.2) is 4.34 Å². The molecule has 0 aliphatic rings. The zero-order chi connectivity index (χ0) is 15.4. The van der Waals surface area contributed by atoms with Crippen molar-refractivity contribution in [3.05, 3.63) is 29.8 Å². The summed E-state index contributed by atoms with van der Waals surface area (Å²) in [5.41, 5.74) is 6.18. The highest BCUT2D eigenvalue weighted by Crippen LogP contribution is 2.28. The van der Waals surface area contributed by atoms with Crippen LogP contribution in [-0.2, 0) is 4.79 Å². The van der Waals surface area contributed by atoms with Gasteiger partial charge in [0.1, 0.15) is 0 Å². The van der Waals surface area contributed by atoms with Gasteiger partial charge in [-0.2, -0.15) is 0 Å². The summed E-state index contributed by atoms with van der Waals surface area (Å²) in [5, 5.41) is 19.0. The van der Waals surface area contributed by atoms with Crippen molar-refractivity contribution in [3.63, 3.8) is 0 Å².